The van der Waals surface area contributed by atoms with E-state index in [2.05, 4.69) is 17.6 Å². The number of aliphatic hydroxyl groups is 4. The number of rotatable bonds is 36. The van der Waals surface area contributed by atoms with Crippen LogP contribution in [0.5, 0.6) is 0 Å². The number of carbonyl (C=O) groups is 1. The summed E-state index contributed by atoms with van der Waals surface area (Å²) in [6.07, 6.45) is 30.5. The molecule has 298 valence electrons. The van der Waals surface area contributed by atoms with Crippen LogP contribution in [-0.4, -0.2) is 87.5 Å². The van der Waals surface area contributed by atoms with Crippen molar-refractivity contribution in [1.82, 2.24) is 10.6 Å². The summed E-state index contributed by atoms with van der Waals surface area (Å²) >= 11 is 0. The van der Waals surface area contributed by atoms with E-state index in [4.69, 9.17) is 4.52 Å². The first-order chi connectivity index (χ1) is 24.2. The summed E-state index contributed by atoms with van der Waals surface area (Å²) in [4.78, 5) is 22.1. The highest BCUT2D eigenvalue weighted by Crippen LogP contribution is 2.43. The van der Waals surface area contributed by atoms with Gasteiger partial charge in [-0.05, 0) is 19.3 Å². The Labute approximate surface area is 305 Å². The quantitative estimate of drug-likeness (QED) is 0.0252. The average Bonchev–Trinajstić information content (AvgIpc) is 3.35. The number of hydrogen-bond acceptors (Lipinski definition) is 8. The molecule has 1 unspecified atom stereocenters. The van der Waals surface area contributed by atoms with E-state index in [1.807, 2.05) is 0 Å². The topological polar surface area (TPSA) is 169 Å². The highest BCUT2D eigenvalue weighted by atomic mass is 31.2. The van der Waals surface area contributed by atoms with Gasteiger partial charge in [-0.15, -0.1) is 0 Å². The van der Waals surface area contributed by atoms with Crippen LogP contribution in [0.2, 0.25) is 0 Å². The van der Waals surface area contributed by atoms with Crippen LogP contribution in [-0.2, 0) is 13.9 Å². The molecule has 0 spiro atoms. The Morgan fingerprint density at radius 1 is 0.680 bits per heavy atom. The largest absolute Gasteiger partial charge is 0.395 e. The molecule has 11 heteroatoms. The number of carbonyl (C=O) groups excluding carboxylic acids is 1. The fourth-order valence-corrected chi connectivity index (χ4v) is 8.22. The molecule has 1 heterocycles. The molecular formula is C39H79N2O8P. The van der Waals surface area contributed by atoms with Crippen LogP contribution in [0, 0.1) is 0 Å². The van der Waals surface area contributed by atoms with Crippen LogP contribution in [0.4, 0.5) is 0 Å². The van der Waals surface area contributed by atoms with Crippen LogP contribution in [0.15, 0.2) is 0 Å². The fraction of sp³-hybridized carbons (Fsp3) is 0.974. The second-order valence-corrected chi connectivity index (χ2v) is 16.9. The second kappa shape index (κ2) is 31.9. The molecule has 1 rings (SSSR count). The lowest BCUT2D eigenvalue weighted by Crippen LogP contribution is -2.38. The normalized spacial score (nSPS) is 21.0. The van der Waals surface area contributed by atoms with E-state index < -0.39 is 44.2 Å². The van der Waals surface area contributed by atoms with Crippen LogP contribution >= 0.6 is 7.60 Å². The molecule has 0 aliphatic carbocycles. The van der Waals surface area contributed by atoms with Gasteiger partial charge in [0, 0.05) is 19.0 Å². The molecule has 0 aromatic rings. The second-order valence-electron chi connectivity index (χ2n) is 15.0. The van der Waals surface area contributed by atoms with E-state index in [1.54, 1.807) is 0 Å². The number of hydrogen-bond donors (Lipinski definition) is 7. The van der Waals surface area contributed by atoms with Crippen molar-refractivity contribution in [2.75, 3.05) is 25.9 Å². The zero-order valence-electron chi connectivity index (χ0n) is 31.9. The Hall–Kier alpha value is -0.580. The first-order valence-electron chi connectivity index (χ1n) is 20.8. The third-order valence-electron chi connectivity index (χ3n) is 10.2. The van der Waals surface area contributed by atoms with Gasteiger partial charge in [0.25, 0.3) is 0 Å². The van der Waals surface area contributed by atoms with Crippen molar-refractivity contribution >= 4 is 13.5 Å². The van der Waals surface area contributed by atoms with Crippen molar-refractivity contribution in [2.24, 2.45) is 0 Å². The Morgan fingerprint density at radius 2 is 1.08 bits per heavy atom. The van der Waals surface area contributed by atoms with Gasteiger partial charge in [-0.3, -0.25) is 9.36 Å². The van der Waals surface area contributed by atoms with Gasteiger partial charge < -0.3 is 40.5 Å². The molecule has 1 amide bonds. The summed E-state index contributed by atoms with van der Waals surface area (Å²) in [5.74, 6) is -0.0207. The van der Waals surface area contributed by atoms with E-state index in [9.17, 15) is 34.7 Å². The van der Waals surface area contributed by atoms with Gasteiger partial charge in [0.05, 0.1) is 43.7 Å². The summed E-state index contributed by atoms with van der Waals surface area (Å²) in [6, 6.07) is -1.42. The molecule has 0 bridgehead atoms. The first-order valence-corrected chi connectivity index (χ1v) is 22.6. The number of unbranched alkanes of at least 4 members (excludes halogenated alkanes) is 24. The number of aliphatic hydroxyl groups excluding tert-OH is 4. The minimum absolute atomic E-state index is 0.0207. The molecule has 6 atom stereocenters. The van der Waals surface area contributed by atoms with Crippen molar-refractivity contribution in [3.8, 4) is 0 Å². The maximum Gasteiger partial charge on any atom is 0.330 e. The fourth-order valence-electron chi connectivity index (χ4n) is 7.02. The van der Waals surface area contributed by atoms with Crippen molar-refractivity contribution in [3.63, 3.8) is 0 Å². The van der Waals surface area contributed by atoms with Gasteiger partial charge in [-0.1, -0.05) is 161 Å². The molecule has 1 aliphatic rings. The van der Waals surface area contributed by atoms with Gasteiger partial charge in [0.2, 0.25) is 5.91 Å². The van der Waals surface area contributed by atoms with Crippen LogP contribution < -0.4 is 10.6 Å². The summed E-state index contributed by atoms with van der Waals surface area (Å²) in [6.45, 7) is 2.23. The Balaban J connectivity index is 1.81. The smallest absolute Gasteiger partial charge is 0.330 e. The maximum atomic E-state index is 12.3. The molecule has 0 radical (unpaired) electrons. The lowest BCUT2D eigenvalue weighted by atomic mass is 10.0. The molecule has 0 aromatic carbocycles. The van der Waals surface area contributed by atoms with Crippen molar-refractivity contribution in [2.45, 2.75) is 217 Å². The van der Waals surface area contributed by atoms with Gasteiger partial charge in [0.1, 0.15) is 0 Å². The third kappa shape index (κ3) is 26.2. The van der Waals surface area contributed by atoms with E-state index in [0.717, 1.165) is 19.3 Å². The molecular weight excluding hydrogens is 655 g/mol. The highest BCUT2D eigenvalue weighted by molar-refractivity contribution is 7.52. The minimum atomic E-state index is -4.06. The zero-order valence-corrected chi connectivity index (χ0v) is 32.8. The van der Waals surface area contributed by atoms with E-state index in [1.165, 1.54) is 141 Å². The van der Waals surface area contributed by atoms with Crippen molar-refractivity contribution < 1.29 is 39.2 Å². The summed E-state index contributed by atoms with van der Waals surface area (Å²) in [5, 5.41) is 44.9. The standard InChI is InChI=1S/C39H79N2O8P/c1-2-3-4-5-6-7-8-9-10-11-12-13-14-15-16-17-18-19-20-21-22-23-24-25-26-28-37(44)40-29-27-30-49-50(47,48)33-34(43)31-35-38(45)39(46)36(32-42)41-35/h34-36,38-39,41-43,45-46H,2-33H2,1H3,(H,40,44)(H,47,48)/t34-,35-,36-,38-,39-/m1/s1. The Bertz CT molecular complexity index is 838. The van der Waals surface area contributed by atoms with Gasteiger partial charge in [-0.2, -0.15) is 0 Å². The van der Waals surface area contributed by atoms with Crippen LogP contribution in [0.3, 0.4) is 0 Å². The highest BCUT2D eigenvalue weighted by Gasteiger charge is 2.41. The molecule has 7 N–H and O–H groups in total. The maximum absolute atomic E-state index is 12.3. The molecule has 1 saturated heterocycles. The average molecular weight is 735 g/mol. The predicted octanol–water partition coefficient (Wildman–Crippen LogP) is 7.66. The first kappa shape index (κ1) is 47.4. The number of amides is 1. The molecule has 0 aromatic heterocycles. The molecule has 10 nitrogen and oxygen atoms in total. The van der Waals surface area contributed by atoms with E-state index >= 15 is 0 Å². The lowest BCUT2D eigenvalue weighted by Gasteiger charge is -2.21. The summed E-state index contributed by atoms with van der Waals surface area (Å²) in [7, 11) is -4.06. The van der Waals surface area contributed by atoms with Crippen molar-refractivity contribution in [3.05, 3.63) is 0 Å². The predicted molar refractivity (Wildman–Crippen MR) is 204 cm³/mol. The van der Waals surface area contributed by atoms with E-state index in [-0.39, 0.29) is 25.5 Å². The third-order valence-corrected chi connectivity index (χ3v) is 11.7. The monoisotopic (exact) mass is 735 g/mol. The Kier molecular flexibility index (Phi) is 30.3. The van der Waals surface area contributed by atoms with Crippen LogP contribution in [0.1, 0.15) is 187 Å². The zero-order chi connectivity index (χ0) is 36.7. The van der Waals surface area contributed by atoms with E-state index in [0.29, 0.717) is 19.4 Å². The van der Waals surface area contributed by atoms with Crippen LogP contribution in [0.25, 0.3) is 0 Å². The molecule has 1 aliphatic heterocycles. The summed E-state index contributed by atoms with van der Waals surface area (Å²) < 4.78 is 17.4. The van der Waals surface area contributed by atoms with Gasteiger partial charge >= 0.3 is 7.60 Å². The van der Waals surface area contributed by atoms with Crippen molar-refractivity contribution in [1.29, 1.82) is 0 Å². The van der Waals surface area contributed by atoms with Gasteiger partial charge in [0.15, 0.2) is 0 Å². The summed E-state index contributed by atoms with van der Waals surface area (Å²) in [5.41, 5.74) is 0. The Morgan fingerprint density at radius 3 is 1.48 bits per heavy atom. The van der Waals surface area contributed by atoms with Gasteiger partial charge in [-0.25, -0.2) is 0 Å². The molecule has 50 heavy (non-hydrogen) atoms. The molecule has 1 fully saturated rings. The minimum Gasteiger partial charge on any atom is -0.395 e. The number of nitrogens with one attached hydrogen (secondary N) is 2. The molecule has 0 saturated carbocycles. The lowest BCUT2D eigenvalue weighted by molar-refractivity contribution is -0.121. The SMILES string of the molecule is CCCCCCCCCCCCCCCCCCCCCCCCCCCC(=O)NCCCOP(=O)(O)C[C@H](O)C[C@H]1N[C@H](CO)[C@@H](O)[C@@H]1O.